The van der Waals surface area contributed by atoms with Crippen molar-refractivity contribution >= 4 is 0 Å². The van der Waals surface area contributed by atoms with Gasteiger partial charge < -0.3 is 0 Å². The number of alkyl halides is 1. The first kappa shape index (κ1) is 12.3. The van der Waals surface area contributed by atoms with E-state index in [1.54, 1.807) is 0 Å². The van der Waals surface area contributed by atoms with Crippen LogP contribution in [0.2, 0.25) is 0 Å². The summed E-state index contributed by atoms with van der Waals surface area (Å²) in [7, 11) is 0. The highest BCUT2D eigenvalue weighted by Crippen LogP contribution is 2.26. The van der Waals surface area contributed by atoms with Crippen molar-refractivity contribution in [2.45, 2.75) is 69.7 Å². The highest BCUT2D eigenvalue weighted by molar-refractivity contribution is 4.84. The normalized spacial score (nSPS) is 35.6. The van der Waals surface area contributed by atoms with E-state index in [2.05, 4.69) is 4.90 Å². The van der Waals surface area contributed by atoms with Gasteiger partial charge in [0, 0.05) is 19.1 Å². The Labute approximate surface area is 97.8 Å². The maximum absolute atomic E-state index is 14.1. The van der Waals surface area contributed by atoms with Gasteiger partial charge in [0.25, 0.3) is 0 Å². The standard InChI is InChI=1S/C13H23FNO/c14-12-5-3-1-2-4-6-13(12)15-9-7-11(16)8-10-15/h11-13H,1-10H2. The van der Waals surface area contributed by atoms with Crippen LogP contribution in [0.5, 0.6) is 0 Å². The van der Waals surface area contributed by atoms with Gasteiger partial charge in [-0.2, -0.15) is 0 Å². The fourth-order valence-corrected chi connectivity index (χ4v) is 3.04. The van der Waals surface area contributed by atoms with Crippen molar-refractivity contribution in [3.63, 3.8) is 0 Å². The van der Waals surface area contributed by atoms with E-state index in [4.69, 9.17) is 0 Å². The van der Waals surface area contributed by atoms with Crippen LogP contribution in [0.4, 0.5) is 4.39 Å². The molecule has 1 aliphatic heterocycles. The summed E-state index contributed by atoms with van der Waals surface area (Å²) in [4.78, 5) is 2.24. The van der Waals surface area contributed by atoms with Crippen LogP contribution in [0.3, 0.4) is 0 Å². The lowest BCUT2D eigenvalue weighted by Crippen LogP contribution is -2.47. The van der Waals surface area contributed by atoms with Crippen LogP contribution in [0.15, 0.2) is 0 Å². The maximum Gasteiger partial charge on any atom is 0.116 e. The molecular weight excluding hydrogens is 205 g/mol. The van der Waals surface area contributed by atoms with Gasteiger partial charge in [-0.3, -0.25) is 4.90 Å². The average Bonchev–Trinajstić information content (AvgIpc) is 2.26. The van der Waals surface area contributed by atoms with Crippen LogP contribution >= 0.6 is 0 Å². The molecular formula is C13H23FNO. The quantitative estimate of drug-likeness (QED) is 0.676. The minimum Gasteiger partial charge on any atom is -0.297 e. The van der Waals surface area contributed by atoms with E-state index in [1.807, 2.05) is 0 Å². The Kier molecular flexibility index (Phi) is 4.59. The van der Waals surface area contributed by atoms with Gasteiger partial charge in [0.15, 0.2) is 0 Å². The van der Waals surface area contributed by atoms with Gasteiger partial charge in [-0.05, 0) is 25.7 Å². The lowest BCUT2D eigenvalue weighted by molar-refractivity contribution is -0.00410. The fraction of sp³-hybridized carbons (Fsp3) is 1.00. The summed E-state index contributed by atoms with van der Waals surface area (Å²) in [6, 6.07) is 0.104. The molecule has 2 nitrogen and oxygen atoms in total. The third-order valence-electron chi connectivity index (χ3n) is 4.09. The second-order valence-corrected chi connectivity index (χ2v) is 5.31. The highest BCUT2D eigenvalue weighted by Gasteiger charge is 2.30. The number of nitrogens with zero attached hydrogens (tertiary/aromatic N) is 1. The molecule has 3 heteroatoms. The summed E-state index contributed by atoms with van der Waals surface area (Å²) >= 11 is 0. The van der Waals surface area contributed by atoms with Crippen LogP contribution in [0.1, 0.15) is 51.4 Å². The largest absolute Gasteiger partial charge is 0.297 e. The summed E-state index contributed by atoms with van der Waals surface area (Å²) in [5, 5.41) is 11.3. The number of rotatable bonds is 1. The SMILES string of the molecule is [O]C1CCN(C2CCCCCCC2F)CC1. The summed E-state index contributed by atoms with van der Waals surface area (Å²) in [6.45, 7) is 1.64. The smallest absolute Gasteiger partial charge is 0.116 e. The van der Waals surface area contributed by atoms with Crippen LogP contribution in [-0.4, -0.2) is 36.3 Å². The van der Waals surface area contributed by atoms with Crippen molar-refractivity contribution in [3.8, 4) is 0 Å². The molecule has 2 unspecified atom stereocenters. The molecule has 0 N–H and O–H groups in total. The van der Waals surface area contributed by atoms with Gasteiger partial charge in [0.05, 0.1) is 6.10 Å². The molecule has 0 bridgehead atoms. The van der Waals surface area contributed by atoms with E-state index in [-0.39, 0.29) is 6.04 Å². The molecule has 0 aromatic heterocycles. The molecule has 16 heavy (non-hydrogen) atoms. The van der Waals surface area contributed by atoms with Crippen molar-refractivity contribution in [2.75, 3.05) is 13.1 Å². The zero-order valence-corrected chi connectivity index (χ0v) is 10.0. The number of halogens is 1. The lowest BCUT2D eigenvalue weighted by Gasteiger charge is -2.38. The van der Waals surface area contributed by atoms with Crippen molar-refractivity contribution in [3.05, 3.63) is 0 Å². The third kappa shape index (κ3) is 3.17. The summed E-state index contributed by atoms with van der Waals surface area (Å²) < 4.78 is 14.1. The van der Waals surface area contributed by atoms with Gasteiger partial charge in [0.1, 0.15) is 6.17 Å². The number of hydrogen-bond acceptors (Lipinski definition) is 1. The summed E-state index contributed by atoms with van der Waals surface area (Å²) in [5.41, 5.74) is 0. The van der Waals surface area contributed by atoms with Crippen molar-refractivity contribution in [2.24, 2.45) is 0 Å². The molecule has 0 amide bonds. The minimum absolute atomic E-state index is 0.104. The Hall–Kier alpha value is -0.150. The molecule has 2 atom stereocenters. The Morgan fingerprint density at radius 3 is 2.19 bits per heavy atom. The minimum atomic E-state index is -0.663. The monoisotopic (exact) mass is 228 g/mol. The predicted octanol–water partition coefficient (Wildman–Crippen LogP) is 2.94. The Bertz CT molecular complexity index is 204. The van der Waals surface area contributed by atoms with Gasteiger partial charge in [-0.15, -0.1) is 0 Å². The Morgan fingerprint density at radius 2 is 1.50 bits per heavy atom. The molecule has 1 radical (unpaired) electrons. The van der Waals surface area contributed by atoms with Gasteiger partial charge in [-0.1, -0.05) is 25.7 Å². The van der Waals surface area contributed by atoms with Crippen molar-refractivity contribution in [1.29, 1.82) is 0 Å². The third-order valence-corrected chi connectivity index (χ3v) is 4.09. The molecule has 2 rings (SSSR count). The zero-order chi connectivity index (χ0) is 11.4. The number of likely N-dealkylation sites (tertiary alicyclic amines) is 1. The zero-order valence-electron chi connectivity index (χ0n) is 10.0. The van der Waals surface area contributed by atoms with Gasteiger partial charge >= 0.3 is 0 Å². The fourth-order valence-electron chi connectivity index (χ4n) is 3.04. The first-order valence-electron chi connectivity index (χ1n) is 6.81. The highest BCUT2D eigenvalue weighted by atomic mass is 19.1. The first-order valence-corrected chi connectivity index (χ1v) is 6.81. The van der Waals surface area contributed by atoms with Crippen molar-refractivity contribution in [1.82, 2.24) is 4.90 Å². The Balaban J connectivity index is 1.89. The maximum atomic E-state index is 14.1. The predicted molar refractivity (Wildman–Crippen MR) is 61.7 cm³/mol. The van der Waals surface area contributed by atoms with Crippen LogP contribution in [0, 0.1) is 0 Å². The molecule has 93 valence electrons. The average molecular weight is 228 g/mol. The summed E-state index contributed by atoms with van der Waals surface area (Å²) in [5.74, 6) is 0. The van der Waals surface area contributed by atoms with Crippen molar-refractivity contribution < 1.29 is 9.50 Å². The van der Waals surface area contributed by atoms with E-state index in [0.717, 1.165) is 38.8 Å². The second-order valence-electron chi connectivity index (χ2n) is 5.31. The lowest BCUT2D eigenvalue weighted by atomic mass is 9.92. The second kappa shape index (κ2) is 5.97. The molecule has 2 aliphatic rings. The van der Waals surface area contributed by atoms with Crippen LogP contribution < -0.4 is 0 Å². The molecule has 1 heterocycles. The number of hydrogen-bond donors (Lipinski definition) is 0. The first-order chi connectivity index (χ1) is 7.77. The van der Waals surface area contributed by atoms with E-state index >= 15 is 0 Å². The van der Waals surface area contributed by atoms with Gasteiger partial charge in [0.2, 0.25) is 0 Å². The molecule has 2 fully saturated rings. The topological polar surface area (TPSA) is 23.1 Å². The van der Waals surface area contributed by atoms with E-state index < -0.39 is 12.3 Å². The molecule has 1 saturated carbocycles. The van der Waals surface area contributed by atoms with E-state index in [9.17, 15) is 9.50 Å². The summed E-state index contributed by atoms with van der Waals surface area (Å²) in [6.07, 6.45) is 6.71. The van der Waals surface area contributed by atoms with Crippen LogP contribution in [0.25, 0.3) is 0 Å². The Morgan fingerprint density at radius 1 is 0.875 bits per heavy atom. The molecule has 0 aromatic carbocycles. The van der Waals surface area contributed by atoms with E-state index in [0.29, 0.717) is 12.8 Å². The van der Waals surface area contributed by atoms with E-state index in [1.165, 1.54) is 12.8 Å². The van der Waals surface area contributed by atoms with Crippen LogP contribution in [-0.2, 0) is 5.11 Å². The number of piperidine rings is 1. The molecule has 1 saturated heterocycles. The van der Waals surface area contributed by atoms with Gasteiger partial charge in [-0.25, -0.2) is 9.50 Å². The molecule has 0 spiro atoms. The molecule has 0 aromatic rings. The molecule has 1 aliphatic carbocycles.